The molecule has 31 heavy (non-hydrogen) atoms. The van der Waals surface area contributed by atoms with Crippen molar-refractivity contribution < 1.29 is 22.5 Å². The number of thioether (sulfide) groups is 1. The van der Waals surface area contributed by atoms with E-state index in [-0.39, 0.29) is 17.3 Å². The van der Waals surface area contributed by atoms with Crippen LogP contribution in [0.2, 0.25) is 0 Å². The molecule has 1 aromatic heterocycles. The topological polar surface area (TPSA) is 68.0 Å². The summed E-state index contributed by atoms with van der Waals surface area (Å²) >= 11 is 1.52. The first-order valence-corrected chi connectivity index (χ1v) is 10.8. The zero-order chi connectivity index (χ0) is 22.4. The van der Waals surface area contributed by atoms with Gasteiger partial charge in [0, 0.05) is 17.7 Å². The number of alkyl halides is 3. The Morgan fingerprint density at radius 3 is 2.55 bits per heavy atom. The van der Waals surface area contributed by atoms with Crippen LogP contribution in [0.4, 0.5) is 18.9 Å². The molecule has 3 aromatic rings. The number of carbonyl (C=O) groups is 1. The van der Waals surface area contributed by atoms with Crippen molar-refractivity contribution in [1.29, 1.82) is 0 Å². The molecule has 0 aliphatic rings. The molecule has 9 heteroatoms. The zero-order valence-electron chi connectivity index (χ0n) is 17.1. The molecule has 0 atom stereocenters. The summed E-state index contributed by atoms with van der Waals surface area (Å²) in [4.78, 5) is 16.3. The minimum absolute atomic E-state index is 0.0392. The van der Waals surface area contributed by atoms with Crippen LogP contribution in [0.15, 0.2) is 47.0 Å². The first-order chi connectivity index (χ1) is 14.7. The van der Waals surface area contributed by atoms with E-state index in [1.807, 2.05) is 32.0 Å². The maximum absolute atomic E-state index is 12.9. The van der Waals surface area contributed by atoms with Gasteiger partial charge in [-0.25, -0.2) is 0 Å². The van der Waals surface area contributed by atoms with Gasteiger partial charge in [0.05, 0.1) is 11.3 Å². The van der Waals surface area contributed by atoms with Gasteiger partial charge in [-0.3, -0.25) is 4.79 Å². The van der Waals surface area contributed by atoms with Crippen molar-refractivity contribution >= 4 is 23.4 Å². The van der Waals surface area contributed by atoms with E-state index in [0.717, 1.165) is 28.9 Å². The van der Waals surface area contributed by atoms with Crippen LogP contribution in [0, 0.1) is 13.8 Å². The lowest BCUT2D eigenvalue weighted by atomic mass is 10.1. The highest BCUT2D eigenvalue weighted by atomic mass is 32.2. The molecular weight excluding hydrogens is 427 g/mol. The number of aromatic nitrogens is 2. The van der Waals surface area contributed by atoms with Crippen LogP contribution in [0.25, 0.3) is 11.4 Å². The number of carbonyl (C=O) groups excluding carboxylic acids is 1. The molecule has 2 aromatic carbocycles. The minimum atomic E-state index is -4.43. The Hall–Kier alpha value is -2.81. The molecular formula is C22H22F3N3O2S. The number of hydrogen-bond acceptors (Lipinski definition) is 5. The maximum Gasteiger partial charge on any atom is 0.416 e. The molecule has 0 fully saturated rings. The fraction of sp³-hybridized carbons (Fsp3) is 0.318. The molecule has 1 amide bonds. The highest BCUT2D eigenvalue weighted by Crippen LogP contribution is 2.31. The summed E-state index contributed by atoms with van der Waals surface area (Å²) in [7, 11) is 0. The van der Waals surface area contributed by atoms with E-state index in [2.05, 4.69) is 15.5 Å². The van der Waals surface area contributed by atoms with Crippen LogP contribution in [-0.2, 0) is 16.7 Å². The zero-order valence-corrected chi connectivity index (χ0v) is 17.9. The monoisotopic (exact) mass is 449 g/mol. The number of halogens is 3. The van der Waals surface area contributed by atoms with Crippen molar-refractivity contribution in [1.82, 2.24) is 10.1 Å². The predicted octanol–water partition coefficient (Wildman–Crippen LogP) is 6.02. The van der Waals surface area contributed by atoms with Gasteiger partial charge < -0.3 is 9.84 Å². The van der Waals surface area contributed by atoms with Gasteiger partial charge in [0.15, 0.2) is 0 Å². The quantitative estimate of drug-likeness (QED) is 0.426. The number of anilines is 1. The number of para-hydroxylation sites is 1. The molecule has 0 saturated carbocycles. The van der Waals surface area contributed by atoms with Crippen molar-refractivity contribution in [2.45, 2.75) is 38.6 Å². The number of hydrogen-bond donors (Lipinski definition) is 1. The second-order valence-corrected chi connectivity index (χ2v) is 8.17. The van der Waals surface area contributed by atoms with Crippen LogP contribution in [-0.4, -0.2) is 21.8 Å². The highest BCUT2D eigenvalue weighted by Gasteiger charge is 2.30. The molecule has 1 heterocycles. The number of aryl methyl sites for hydroxylation is 2. The summed E-state index contributed by atoms with van der Waals surface area (Å²) in [6.45, 7) is 3.91. The number of rotatable bonds is 8. The van der Waals surface area contributed by atoms with Gasteiger partial charge in [-0.1, -0.05) is 35.5 Å². The van der Waals surface area contributed by atoms with E-state index in [4.69, 9.17) is 4.52 Å². The van der Waals surface area contributed by atoms with Crippen molar-refractivity contribution in [3.8, 4) is 11.4 Å². The number of benzene rings is 2. The lowest BCUT2D eigenvalue weighted by Crippen LogP contribution is -2.13. The van der Waals surface area contributed by atoms with E-state index in [1.54, 1.807) is 0 Å². The van der Waals surface area contributed by atoms with E-state index < -0.39 is 11.7 Å². The van der Waals surface area contributed by atoms with Crippen molar-refractivity contribution in [2.24, 2.45) is 0 Å². The lowest BCUT2D eigenvalue weighted by molar-refractivity contribution is -0.137. The molecule has 0 spiro atoms. The van der Waals surface area contributed by atoms with E-state index in [1.165, 1.54) is 23.9 Å². The van der Waals surface area contributed by atoms with E-state index in [9.17, 15) is 18.0 Å². The van der Waals surface area contributed by atoms with Crippen molar-refractivity contribution in [2.75, 3.05) is 11.1 Å². The first-order valence-electron chi connectivity index (χ1n) is 9.68. The fourth-order valence-corrected chi connectivity index (χ4v) is 3.76. The Bertz CT molecular complexity index is 1030. The van der Waals surface area contributed by atoms with E-state index >= 15 is 0 Å². The van der Waals surface area contributed by atoms with Crippen LogP contribution in [0.3, 0.4) is 0 Å². The highest BCUT2D eigenvalue weighted by molar-refractivity contribution is 7.98. The van der Waals surface area contributed by atoms with Gasteiger partial charge in [0.1, 0.15) is 0 Å². The Kier molecular flexibility index (Phi) is 7.37. The molecule has 0 unspecified atom stereocenters. The normalized spacial score (nSPS) is 11.5. The largest absolute Gasteiger partial charge is 0.416 e. The number of nitrogens with one attached hydrogen (secondary N) is 1. The van der Waals surface area contributed by atoms with Gasteiger partial charge >= 0.3 is 6.18 Å². The average Bonchev–Trinajstić information content (AvgIpc) is 3.19. The second-order valence-electron chi connectivity index (χ2n) is 7.06. The third-order valence-corrected chi connectivity index (χ3v) is 5.61. The van der Waals surface area contributed by atoms with Gasteiger partial charge in [-0.2, -0.15) is 29.9 Å². The van der Waals surface area contributed by atoms with Crippen LogP contribution in [0.5, 0.6) is 0 Å². The molecule has 1 N–H and O–H groups in total. The second kappa shape index (κ2) is 10.00. The Morgan fingerprint density at radius 2 is 1.84 bits per heavy atom. The smallest absolute Gasteiger partial charge is 0.338 e. The standard InChI is InChI=1S/C22H22F3N3O2S/c1-14-6-3-7-15(2)20(14)26-18(29)10-5-11-31-13-19-27-21(28-30-19)16-8-4-9-17(12-16)22(23,24)25/h3-4,6-9,12H,5,10-11,13H2,1-2H3,(H,26,29). The summed E-state index contributed by atoms with van der Waals surface area (Å²) in [6.07, 6.45) is -3.36. The summed E-state index contributed by atoms with van der Waals surface area (Å²) in [5, 5.41) is 6.72. The summed E-state index contributed by atoms with van der Waals surface area (Å²) in [6, 6.07) is 10.7. The van der Waals surface area contributed by atoms with Gasteiger partial charge in [0.2, 0.25) is 17.6 Å². The molecule has 3 rings (SSSR count). The first kappa shape index (κ1) is 22.9. The summed E-state index contributed by atoms with van der Waals surface area (Å²) in [5.74, 6) is 1.54. The van der Waals surface area contributed by atoms with Crippen molar-refractivity contribution in [3.05, 3.63) is 65.0 Å². The molecule has 5 nitrogen and oxygen atoms in total. The van der Waals surface area contributed by atoms with Gasteiger partial charge in [0.25, 0.3) is 0 Å². The summed E-state index contributed by atoms with van der Waals surface area (Å²) < 4.78 is 43.7. The molecule has 164 valence electrons. The average molecular weight is 449 g/mol. The SMILES string of the molecule is Cc1cccc(C)c1NC(=O)CCCSCc1nc(-c2cccc(C(F)(F)F)c2)no1. The number of amides is 1. The van der Waals surface area contributed by atoms with Crippen LogP contribution in [0.1, 0.15) is 35.4 Å². The molecule has 0 aliphatic heterocycles. The molecule has 0 radical (unpaired) electrons. The molecule has 0 aliphatic carbocycles. The molecule has 0 bridgehead atoms. The Morgan fingerprint density at radius 1 is 1.13 bits per heavy atom. The third-order valence-electron chi connectivity index (χ3n) is 4.58. The third kappa shape index (κ3) is 6.33. The maximum atomic E-state index is 12.9. The molecule has 0 saturated heterocycles. The van der Waals surface area contributed by atoms with Crippen molar-refractivity contribution in [3.63, 3.8) is 0 Å². The van der Waals surface area contributed by atoms with Gasteiger partial charge in [-0.15, -0.1) is 0 Å². The van der Waals surface area contributed by atoms with Crippen LogP contribution >= 0.6 is 11.8 Å². The Balaban J connectivity index is 1.44. The fourth-order valence-electron chi connectivity index (χ4n) is 2.97. The number of nitrogens with zero attached hydrogens (tertiary/aromatic N) is 2. The van der Waals surface area contributed by atoms with E-state index in [0.29, 0.717) is 30.2 Å². The predicted molar refractivity (Wildman–Crippen MR) is 115 cm³/mol. The minimum Gasteiger partial charge on any atom is -0.338 e. The Labute approximate surface area is 182 Å². The van der Waals surface area contributed by atoms with Crippen LogP contribution < -0.4 is 5.32 Å². The summed E-state index contributed by atoms with van der Waals surface area (Å²) in [5.41, 5.74) is 2.39. The van der Waals surface area contributed by atoms with Gasteiger partial charge in [-0.05, 0) is 49.3 Å². The lowest BCUT2D eigenvalue weighted by Gasteiger charge is -2.11.